The third-order valence-corrected chi connectivity index (χ3v) is 4.41. The summed E-state index contributed by atoms with van der Waals surface area (Å²) in [5.74, 6) is 0. The Labute approximate surface area is 103 Å². The van der Waals surface area contributed by atoms with E-state index in [1.165, 1.54) is 30.4 Å². The Morgan fingerprint density at radius 2 is 2.53 bits per heavy atom. The van der Waals surface area contributed by atoms with Crippen molar-refractivity contribution in [2.45, 2.75) is 31.7 Å². The van der Waals surface area contributed by atoms with Gasteiger partial charge in [-0.05, 0) is 54.8 Å². The van der Waals surface area contributed by atoms with Crippen LogP contribution >= 0.6 is 0 Å². The quantitative estimate of drug-likeness (QED) is 0.807. The van der Waals surface area contributed by atoms with E-state index in [4.69, 9.17) is 4.74 Å². The number of methoxy groups -OCH3 is 1. The van der Waals surface area contributed by atoms with Gasteiger partial charge in [-0.2, -0.15) is 0 Å². The molecule has 0 unspecified atom stereocenters. The molecular formula is C14H20N2O. The zero-order chi connectivity index (χ0) is 11.7. The molecule has 1 aromatic rings. The molecule has 0 radical (unpaired) electrons. The lowest BCUT2D eigenvalue weighted by Gasteiger charge is -2.28. The molecule has 1 saturated heterocycles. The summed E-state index contributed by atoms with van der Waals surface area (Å²) in [5, 5.41) is 3.66. The van der Waals surface area contributed by atoms with Crippen molar-refractivity contribution >= 4 is 0 Å². The molecule has 0 bridgehead atoms. The fourth-order valence-electron chi connectivity index (χ4n) is 3.62. The summed E-state index contributed by atoms with van der Waals surface area (Å²) in [7, 11) is 1.79. The maximum atomic E-state index is 5.19. The normalized spacial score (nSPS) is 30.3. The largest absolute Gasteiger partial charge is 0.385 e. The summed E-state index contributed by atoms with van der Waals surface area (Å²) in [6, 6.07) is 2.72. The predicted molar refractivity (Wildman–Crippen MR) is 66.8 cm³/mol. The maximum absolute atomic E-state index is 5.19. The van der Waals surface area contributed by atoms with Crippen molar-refractivity contribution in [2.24, 2.45) is 5.41 Å². The molecule has 1 aliphatic carbocycles. The Bertz CT molecular complexity index is 407. The molecule has 1 N–H and O–H groups in total. The van der Waals surface area contributed by atoms with Gasteiger partial charge in [0, 0.05) is 32.2 Å². The van der Waals surface area contributed by atoms with Gasteiger partial charge in [0.15, 0.2) is 0 Å². The molecular weight excluding hydrogens is 212 g/mol. The number of nitrogens with one attached hydrogen (secondary N) is 1. The topological polar surface area (TPSA) is 34.1 Å². The van der Waals surface area contributed by atoms with Crippen LogP contribution in [0.4, 0.5) is 0 Å². The minimum Gasteiger partial charge on any atom is -0.385 e. The number of hydrogen-bond donors (Lipinski definition) is 1. The van der Waals surface area contributed by atoms with Crippen LogP contribution in [-0.4, -0.2) is 25.2 Å². The second-order valence-corrected chi connectivity index (χ2v) is 5.35. The zero-order valence-corrected chi connectivity index (χ0v) is 10.4. The first-order chi connectivity index (χ1) is 8.36. The molecule has 0 aromatic carbocycles. The summed E-state index contributed by atoms with van der Waals surface area (Å²) in [4.78, 5) is 4.28. The van der Waals surface area contributed by atoms with E-state index in [2.05, 4.69) is 22.6 Å². The number of aromatic nitrogens is 1. The van der Waals surface area contributed by atoms with Gasteiger partial charge in [-0.15, -0.1) is 0 Å². The zero-order valence-electron chi connectivity index (χ0n) is 10.4. The lowest BCUT2D eigenvalue weighted by molar-refractivity contribution is 0.161. The van der Waals surface area contributed by atoms with Crippen LogP contribution < -0.4 is 5.32 Å². The lowest BCUT2D eigenvalue weighted by Crippen LogP contribution is -2.25. The molecule has 2 aliphatic rings. The SMILES string of the molecule is COCCC[C@]12CCN[C@@H]1c1cnccc1C2. The molecule has 3 rings (SSSR count). The van der Waals surface area contributed by atoms with E-state index in [1.807, 2.05) is 6.20 Å². The van der Waals surface area contributed by atoms with Crippen LogP contribution in [0.1, 0.15) is 36.4 Å². The average Bonchev–Trinajstić information content (AvgIpc) is 2.85. The number of ether oxygens (including phenoxy) is 1. The van der Waals surface area contributed by atoms with Gasteiger partial charge >= 0.3 is 0 Å². The maximum Gasteiger partial charge on any atom is 0.0462 e. The van der Waals surface area contributed by atoms with Crippen molar-refractivity contribution in [3.8, 4) is 0 Å². The van der Waals surface area contributed by atoms with E-state index >= 15 is 0 Å². The van der Waals surface area contributed by atoms with Crippen LogP contribution in [0.3, 0.4) is 0 Å². The van der Waals surface area contributed by atoms with E-state index in [9.17, 15) is 0 Å². The minimum absolute atomic E-state index is 0.434. The number of rotatable bonds is 4. The molecule has 3 nitrogen and oxygen atoms in total. The van der Waals surface area contributed by atoms with Crippen LogP contribution in [-0.2, 0) is 11.2 Å². The monoisotopic (exact) mass is 232 g/mol. The van der Waals surface area contributed by atoms with E-state index in [-0.39, 0.29) is 0 Å². The summed E-state index contributed by atoms with van der Waals surface area (Å²) in [5.41, 5.74) is 3.36. The van der Waals surface area contributed by atoms with E-state index in [0.717, 1.165) is 19.6 Å². The summed E-state index contributed by atoms with van der Waals surface area (Å²) in [6.45, 7) is 2.02. The van der Waals surface area contributed by atoms with Crippen LogP contribution in [0.5, 0.6) is 0 Å². The first-order valence-corrected chi connectivity index (χ1v) is 6.51. The second-order valence-electron chi connectivity index (χ2n) is 5.35. The number of hydrogen-bond acceptors (Lipinski definition) is 3. The smallest absolute Gasteiger partial charge is 0.0462 e. The molecule has 1 aliphatic heterocycles. The summed E-state index contributed by atoms with van der Waals surface area (Å²) in [6.07, 6.45) is 8.89. The predicted octanol–water partition coefficient (Wildman–Crippen LogP) is 2.09. The van der Waals surface area contributed by atoms with Crippen molar-refractivity contribution in [2.75, 3.05) is 20.3 Å². The van der Waals surface area contributed by atoms with Crippen LogP contribution in [0.25, 0.3) is 0 Å². The van der Waals surface area contributed by atoms with Gasteiger partial charge in [-0.3, -0.25) is 4.98 Å². The van der Waals surface area contributed by atoms with Crippen LogP contribution in [0, 0.1) is 5.41 Å². The lowest BCUT2D eigenvalue weighted by atomic mass is 9.77. The summed E-state index contributed by atoms with van der Waals surface area (Å²) >= 11 is 0. The molecule has 2 atom stereocenters. The molecule has 0 amide bonds. The summed E-state index contributed by atoms with van der Waals surface area (Å²) < 4.78 is 5.19. The van der Waals surface area contributed by atoms with Gasteiger partial charge in [0.2, 0.25) is 0 Å². The highest BCUT2D eigenvalue weighted by Crippen LogP contribution is 2.53. The molecule has 0 spiro atoms. The van der Waals surface area contributed by atoms with Gasteiger partial charge in [0.05, 0.1) is 0 Å². The first-order valence-electron chi connectivity index (χ1n) is 6.51. The third kappa shape index (κ3) is 1.78. The molecule has 2 heterocycles. The van der Waals surface area contributed by atoms with Gasteiger partial charge in [-0.1, -0.05) is 0 Å². The van der Waals surface area contributed by atoms with Crippen molar-refractivity contribution in [1.29, 1.82) is 0 Å². The molecule has 1 aromatic heterocycles. The molecule has 92 valence electrons. The molecule has 17 heavy (non-hydrogen) atoms. The Kier molecular flexibility index (Phi) is 2.89. The van der Waals surface area contributed by atoms with Crippen molar-refractivity contribution in [3.05, 3.63) is 29.6 Å². The van der Waals surface area contributed by atoms with Crippen molar-refractivity contribution in [1.82, 2.24) is 10.3 Å². The average molecular weight is 232 g/mol. The fraction of sp³-hybridized carbons (Fsp3) is 0.643. The van der Waals surface area contributed by atoms with E-state index in [1.54, 1.807) is 7.11 Å². The first kappa shape index (κ1) is 11.2. The Morgan fingerprint density at radius 3 is 3.41 bits per heavy atom. The minimum atomic E-state index is 0.434. The molecule has 0 saturated carbocycles. The van der Waals surface area contributed by atoms with Crippen LogP contribution in [0.15, 0.2) is 18.5 Å². The number of pyridine rings is 1. The highest BCUT2D eigenvalue weighted by molar-refractivity contribution is 5.37. The number of nitrogens with zero attached hydrogens (tertiary/aromatic N) is 1. The van der Waals surface area contributed by atoms with Gasteiger partial charge in [-0.25, -0.2) is 0 Å². The Hall–Kier alpha value is -0.930. The van der Waals surface area contributed by atoms with Gasteiger partial charge in [0.25, 0.3) is 0 Å². The second kappa shape index (κ2) is 4.39. The van der Waals surface area contributed by atoms with Gasteiger partial charge < -0.3 is 10.1 Å². The fourth-order valence-corrected chi connectivity index (χ4v) is 3.62. The van der Waals surface area contributed by atoms with Crippen LogP contribution in [0.2, 0.25) is 0 Å². The van der Waals surface area contributed by atoms with Gasteiger partial charge in [0.1, 0.15) is 0 Å². The highest BCUT2D eigenvalue weighted by atomic mass is 16.5. The Balaban J connectivity index is 1.82. The molecule has 3 heteroatoms. The third-order valence-electron chi connectivity index (χ3n) is 4.41. The molecule has 1 fully saturated rings. The van der Waals surface area contributed by atoms with E-state index < -0.39 is 0 Å². The highest BCUT2D eigenvalue weighted by Gasteiger charge is 2.48. The van der Waals surface area contributed by atoms with E-state index in [0.29, 0.717) is 11.5 Å². The van der Waals surface area contributed by atoms with Crippen molar-refractivity contribution < 1.29 is 4.74 Å². The standard InChI is InChI=1S/C14H20N2O/c1-17-8-2-4-14-5-7-16-13(14)12-10-15-6-3-11(12)9-14/h3,6,10,13,16H,2,4-5,7-9H2,1H3/t13-,14-/m1/s1. The van der Waals surface area contributed by atoms with Crippen molar-refractivity contribution in [3.63, 3.8) is 0 Å². The Morgan fingerprint density at radius 1 is 1.59 bits per heavy atom. The number of fused-ring (bicyclic) bond motifs is 3.